The van der Waals surface area contributed by atoms with Gasteiger partial charge in [0.25, 0.3) is 5.91 Å². The van der Waals surface area contributed by atoms with Crippen LogP contribution in [0.5, 0.6) is 5.75 Å². The maximum Gasteiger partial charge on any atom is 0.269 e. The second-order valence-corrected chi connectivity index (χ2v) is 8.87. The number of aromatic nitrogens is 2. The number of carbonyl (C=O) groups is 3. The highest BCUT2D eigenvalue weighted by Crippen LogP contribution is 2.23. The smallest absolute Gasteiger partial charge is 0.269 e. The van der Waals surface area contributed by atoms with Crippen LogP contribution in [-0.4, -0.2) is 62.9 Å². The van der Waals surface area contributed by atoms with Gasteiger partial charge in [-0.3, -0.25) is 24.1 Å². The van der Waals surface area contributed by atoms with E-state index in [4.69, 9.17) is 5.73 Å². The van der Waals surface area contributed by atoms with Crippen LogP contribution in [0.2, 0.25) is 0 Å². The molecule has 1 aromatic heterocycles. The van der Waals surface area contributed by atoms with E-state index >= 15 is 0 Å². The van der Waals surface area contributed by atoms with Crippen molar-refractivity contribution in [2.45, 2.75) is 38.9 Å². The van der Waals surface area contributed by atoms with Gasteiger partial charge in [0.1, 0.15) is 12.6 Å². The zero-order valence-corrected chi connectivity index (χ0v) is 21.0. The third-order valence-electron chi connectivity index (χ3n) is 6.38. The van der Waals surface area contributed by atoms with Crippen molar-refractivity contribution in [1.82, 2.24) is 20.0 Å². The maximum absolute atomic E-state index is 14.1. The minimum absolute atomic E-state index is 0.0150. The predicted molar refractivity (Wildman–Crippen MR) is 139 cm³/mol. The number of benzene rings is 2. The lowest BCUT2D eigenvalue weighted by Gasteiger charge is -2.24. The van der Waals surface area contributed by atoms with Crippen LogP contribution < -0.4 is 11.1 Å². The molecular weight excluding hydrogens is 491 g/mol. The van der Waals surface area contributed by atoms with E-state index in [1.807, 2.05) is 0 Å². The third-order valence-corrected chi connectivity index (χ3v) is 6.38. The van der Waals surface area contributed by atoms with Gasteiger partial charge in [0.05, 0.1) is 11.2 Å². The summed E-state index contributed by atoms with van der Waals surface area (Å²) >= 11 is 0. The highest BCUT2D eigenvalue weighted by Gasteiger charge is 2.34. The number of fused-ring (bicyclic) bond motifs is 1. The molecular formula is C27H27FN6O4. The highest BCUT2D eigenvalue weighted by molar-refractivity contribution is 6.05. The first-order chi connectivity index (χ1) is 18.2. The number of hydrogen-bond acceptors (Lipinski definition) is 6. The lowest BCUT2D eigenvalue weighted by Crippen LogP contribution is -2.46. The molecule has 0 bridgehead atoms. The average molecular weight is 519 g/mol. The fraction of sp³-hybridized carbons (Fsp3) is 0.296. The maximum atomic E-state index is 14.1. The summed E-state index contributed by atoms with van der Waals surface area (Å²) in [5.41, 5.74) is 7.50. The second-order valence-electron chi connectivity index (χ2n) is 8.87. The predicted octanol–water partition coefficient (Wildman–Crippen LogP) is 1.73. The highest BCUT2D eigenvalue weighted by atomic mass is 19.1. The molecule has 4 rings (SSSR count). The number of primary amides is 1. The SMILES string of the molecule is CN=C(C)C#Cc1ccc2c(c1)c(C(N)=O)nn2CC(=O)N1CCC[C@H]1C(=O)NCc1cccc(O)c1F. The Morgan fingerprint density at radius 2 is 2.08 bits per heavy atom. The first-order valence-electron chi connectivity index (χ1n) is 12.0. The molecule has 0 radical (unpaired) electrons. The molecule has 2 aromatic carbocycles. The van der Waals surface area contributed by atoms with E-state index in [2.05, 4.69) is 27.2 Å². The van der Waals surface area contributed by atoms with Crippen LogP contribution in [0, 0.1) is 17.7 Å². The Kier molecular flexibility index (Phi) is 7.71. The number of nitrogens with zero attached hydrogens (tertiary/aromatic N) is 4. The lowest BCUT2D eigenvalue weighted by molar-refractivity contribution is -0.139. The van der Waals surface area contributed by atoms with Gasteiger partial charge in [-0.05, 0) is 50.0 Å². The van der Waals surface area contributed by atoms with E-state index in [-0.39, 0.29) is 30.3 Å². The molecule has 1 aliphatic rings. The summed E-state index contributed by atoms with van der Waals surface area (Å²) in [6, 6.07) is 8.58. The molecule has 10 nitrogen and oxygen atoms in total. The van der Waals surface area contributed by atoms with E-state index in [0.717, 1.165) is 0 Å². The van der Waals surface area contributed by atoms with Crippen molar-refractivity contribution in [3.8, 4) is 17.6 Å². The number of rotatable bonds is 6. The van der Waals surface area contributed by atoms with Crippen LogP contribution >= 0.6 is 0 Å². The molecule has 0 unspecified atom stereocenters. The number of carbonyl (C=O) groups excluding carboxylic acids is 3. The van der Waals surface area contributed by atoms with Gasteiger partial charge < -0.3 is 21.1 Å². The number of likely N-dealkylation sites (tertiary alicyclic amines) is 1. The van der Waals surface area contributed by atoms with Crippen LogP contribution in [0.3, 0.4) is 0 Å². The van der Waals surface area contributed by atoms with Crippen LogP contribution in [-0.2, 0) is 22.7 Å². The van der Waals surface area contributed by atoms with Crippen molar-refractivity contribution >= 4 is 34.3 Å². The summed E-state index contributed by atoms with van der Waals surface area (Å²) in [7, 11) is 1.64. The van der Waals surface area contributed by atoms with Crippen LogP contribution in [0.25, 0.3) is 10.9 Å². The largest absolute Gasteiger partial charge is 0.505 e. The van der Waals surface area contributed by atoms with Gasteiger partial charge in [0, 0.05) is 36.7 Å². The molecule has 1 aliphatic heterocycles. The Bertz CT molecular complexity index is 1520. The quantitative estimate of drug-likeness (QED) is 0.336. The molecule has 38 heavy (non-hydrogen) atoms. The summed E-state index contributed by atoms with van der Waals surface area (Å²) in [6.07, 6.45) is 1.08. The number of nitrogens with one attached hydrogen (secondary N) is 1. The molecule has 196 valence electrons. The van der Waals surface area contributed by atoms with E-state index in [0.29, 0.717) is 41.6 Å². The van der Waals surface area contributed by atoms with Gasteiger partial charge in [-0.15, -0.1) is 0 Å². The topological polar surface area (TPSA) is 143 Å². The minimum Gasteiger partial charge on any atom is -0.505 e. The molecule has 11 heteroatoms. The summed E-state index contributed by atoms with van der Waals surface area (Å²) in [6.45, 7) is 1.82. The Morgan fingerprint density at radius 1 is 1.29 bits per heavy atom. The molecule has 1 saturated heterocycles. The molecule has 3 amide bonds. The van der Waals surface area contributed by atoms with E-state index < -0.39 is 29.4 Å². The summed E-state index contributed by atoms with van der Waals surface area (Å²) < 4.78 is 15.5. The van der Waals surface area contributed by atoms with E-state index in [1.54, 1.807) is 32.2 Å². The van der Waals surface area contributed by atoms with Crippen molar-refractivity contribution < 1.29 is 23.9 Å². The van der Waals surface area contributed by atoms with Gasteiger partial charge in [-0.2, -0.15) is 5.10 Å². The van der Waals surface area contributed by atoms with E-state index in [1.165, 1.54) is 27.8 Å². The van der Waals surface area contributed by atoms with Crippen molar-refractivity contribution in [3.05, 3.63) is 59.0 Å². The fourth-order valence-corrected chi connectivity index (χ4v) is 4.34. The van der Waals surface area contributed by atoms with Crippen molar-refractivity contribution in [2.24, 2.45) is 10.7 Å². The van der Waals surface area contributed by atoms with Crippen LogP contribution in [0.4, 0.5) is 4.39 Å². The van der Waals surface area contributed by atoms with Gasteiger partial charge in [-0.25, -0.2) is 4.39 Å². The zero-order chi connectivity index (χ0) is 27.4. The molecule has 0 aliphatic carbocycles. The Labute approximate surface area is 218 Å². The molecule has 0 saturated carbocycles. The number of phenolic OH excluding ortho intramolecular Hbond substituents is 1. The summed E-state index contributed by atoms with van der Waals surface area (Å²) in [5.74, 6) is 3.06. The molecule has 2 heterocycles. The first kappa shape index (κ1) is 26.3. The fourth-order valence-electron chi connectivity index (χ4n) is 4.34. The molecule has 1 atom stereocenters. The lowest BCUT2D eigenvalue weighted by atomic mass is 10.1. The summed E-state index contributed by atoms with van der Waals surface area (Å²) in [5, 5.41) is 16.9. The number of aliphatic imine (C=N–C) groups is 1. The van der Waals surface area contributed by atoms with Crippen molar-refractivity contribution in [1.29, 1.82) is 0 Å². The monoisotopic (exact) mass is 518 g/mol. The first-order valence-corrected chi connectivity index (χ1v) is 12.0. The van der Waals surface area contributed by atoms with Crippen LogP contribution in [0.15, 0.2) is 41.4 Å². The summed E-state index contributed by atoms with van der Waals surface area (Å²) in [4.78, 5) is 43.6. The number of hydrogen-bond donors (Lipinski definition) is 3. The number of aromatic hydroxyl groups is 1. The van der Waals surface area contributed by atoms with Crippen molar-refractivity contribution in [3.63, 3.8) is 0 Å². The zero-order valence-electron chi connectivity index (χ0n) is 21.0. The van der Waals surface area contributed by atoms with Gasteiger partial charge >= 0.3 is 0 Å². The molecule has 4 N–H and O–H groups in total. The normalized spacial score (nSPS) is 15.3. The average Bonchev–Trinajstić information content (AvgIpc) is 3.53. The number of amides is 3. The van der Waals surface area contributed by atoms with Crippen LogP contribution in [0.1, 0.15) is 41.4 Å². The number of halogens is 1. The Hall–Kier alpha value is -4.72. The van der Waals surface area contributed by atoms with Gasteiger partial charge in [0.2, 0.25) is 11.8 Å². The van der Waals surface area contributed by atoms with Gasteiger partial charge in [0.15, 0.2) is 17.3 Å². The standard InChI is InChI=1S/C27H27FN6O4/c1-16(30-2)8-9-17-10-11-20-19(13-17)25(26(29)37)32-34(20)15-23(36)33-12-4-6-21(33)27(38)31-14-18-5-3-7-22(35)24(18)28/h3,5,7,10-11,13,21,35H,4,6,12,14-15H2,1-2H3,(H2,29,37)(H,31,38)/t21-/m0/s1. The second kappa shape index (κ2) is 11.1. The Balaban J connectivity index is 1.52. The van der Waals surface area contributed by atoms with E-state index in [9.17, 15) is 23.9 Å². The molecule has 1 fully saturated rings. The van der Waals surface area contributed by atoms with Gasteiger partial charge in [-0.1, -0.05) is 18.1 Å². The minimum atomic E-state index is -0.800. The molecule has 0 spiro atoms. The molecule has 3 aromatic rings. The third kappa shape index (κ3) is 5.49. The number of nitrogens with two attached hydrogens (primary N) is 1. The number of phenols is 1. The van der Waals surface area contributed by atoms with Crippen molar-refractivity contribution in [2.75, 3.05) is 13.6 Å². The Morgan fingerprint density at radius 3 is 2.82 bits per heavy atom.